The van der Waals surface area contributed by atoms with Gasteiger partial charge in [0.25, 0.3) is 0 Å². The smallest absolute Gasteiger partial charge is 0.421 e. The number of benzene rings is 2. The van der Waals surface area contributed by atoms with Crippen molar-refractivity contribution in [3.8, 4) is 11.5 Å². The summed E-state index contributed by atoms with van der Waals surface area (Å²) in [6.07, 6.45) is -0.870. The third kappa shape index (κ3) is 4.43. The summed E-state index contributed by atoms with van der Waals surface area (Å²) in [4.78, 5) is 42.6. The number of amides is 2. The molecule has 2 aromatic rings. The van der Waals surface area contributed by atoms with Crippen molar-refractivity contribution in [2.75, 3.05) is 56.8 Å². The Morgan fingerprint density at radius 1 is 1.03 bits per heavy atom. The Balaban J connectivity index is 1.77. The third-order valence-electron chi connectivity index (χ3n) is 6.17. The number of carbonyl (C=O) groups excluding carboxylic acids is 3. The lowest BCUT2D eigenvalue weighted by molar-refractivity contribution is -0.118. The van der Waals surface area contributed by atoms with Gasteiger partial charge in [-0.25, -0.2) is 9.69 Å². The highest BCUT2D eigenvalue weighted by Gasteiger charge is 2.40. The summed E-state index contributed by atoms with van der Waals surface area (Å²) in [6.45, 7) is 5.20. The molecule has 0 spiro atoms. The van der Waals surface area contributed by atoms with Gasteiger partial charge in [-0.1, -0.05) is 0 Å². The number of Topliss-reactive ketones (excluding diaryl/α,β-unsaturated/α-hetero) is 1. The molecule has 0 aliphatic carbocycles. The van der Waals surface area contributed by atoms with Gasteiger partial charge in [-0.05, 0) is 48.9 Å². The van der Waals surface area contributed by atoms with E-state index in [4.69, 9.17) is 14.2 Å². The van der Waals surface area contributed by atoms with E-state index in [1.54, 1.807) is 31.2 Å². The van der Waals surface area contributed by atoms with Gasteiger partial charge in [0.15, 0.2) is 17.3 Å². The van der Waals surface area contributed by atoms with Crippen LogP contribution in [0.4, 0.5) is 16.2 Å². The number of hydrogen-bond donors (Lipinski definition) is 1. The van der Waals surface area contributed by atoms with Gasteiger partial charge in [0.05, 0.1) is 32.4 Å². The molecule has 0 saturated carbocycles. The highest BCUT2D eigenvalue weighted by atomic mass is 16.6. The van der Waals surface area contributed by atoms with Crippen LogP contribution in [0, 0.1) is 0 Å². The first kappa shape index (κ1) is 23.6. The van der Waals surface area contributed by atoms with Crippen molar-refractivity contribution < 1.29 is 28.6 Å². The van der Waals surface area contributed by atoms with E-state index in [-0.39, 0.29) is 18.8 Å². The minimum absolute atomic E-state index is 0.135. The molecule has 0 aromatic heterocycles. The Bertz CT molecular complexity index is 1100. The van der Waals surface area contributed by atoms with Gasteiger partial charge in [0, 0.05) is 43.9 Å². The average molecular weight is 468 g/mol. The van der Waals surface area contributed by atoms with Gasteiger partial charge in [0.2, 0.25) is 5.91 Å². The third-order valence-corrected chi connectivity index (χ3v) is 6.17. The van der Waals surface area contributed by atoms with Crippen LogP contribution in [0.25, 0.3) is 0 Å². The summed E-state index contributed by atoms with van der Waals surface area (Å²) in [7, 11) is 3.03. The SMILES string of the molecule is CCOC(=O)N1C(=O)CC(C(=O)c2ccc(OC)c(OC)c2)c2cc(N3CCNCC3)ccc21. The average Bonchev–Trinajstić information content (AvgIpc) is 2.87. The van der Waals surface area contributed by atoms with Crippen LogP contribution in [0.5, 0.6) is 11.5 Å². The molecule has 2 aliphatic heterocycles. The highest BCUT2D eigenvalue weighted by molar-refractivity contribution is 6.18. The normalized spacial score (nSPS) is 17.7. The number of piperazine rings is 1. The van der Waals surface area contributed by atoms with E-state index < -0.39 is 17.9 Å². The fourth-order valence-electron chi connectivity index (χ4n) is 4.47. The van der Waals surface area contributed by atoms with Gasteiger partial charge in [0.1, 0.15) is 0 Å². The fourth-order valence-corrected chi connectivity index (χ4v) is 4.47. The van der Waals surface area contributed by atoms with Crippen LogP contribution in [0.15, 0.2) is 36.4 Å². The summed E-state index contributed by atoms with van der Waals surface area (Å²) in [5.74, 6) is -0.502. The molecular weight excluding hydrogens is 438 g/mol. The first-order valence-electron chi connectivity index (χ1n) is 11.3. The van der Waals surface area contributed by atoms with Crippen molar-refractivity contribution in [3.05, 3.63) is 47.5 Å². The molecular formula is C25H29N3O6. The van der Waals surface area contributed by atoms with Crippen molar-refractivity contribution in [2.45, 2.75) is 19.3 Å². The maximum Gasteiger partial charge on any atom is 0.421 e. The number of ketones is 1. The van der Waals surface area contributed by atoms with Crippen LogP contribution in [-0.2, 0) is 9.53 Å². The van der Waals surface area contributed by atoms with Crippen molar-refractivity contribution >= 4 is 29.2 Å². The minimum Gasteiger partial charge on any atom is -0.493 e. The maximum atomic E-state index is 13.7. The number of imide groups is 1. The topological polar surface area (TPSA) is 97.4 Å². The summed E-state index contributed by atoms with van der Waals surface area (Å²) >= 11 is 0. The summed E-state index contributed by atoms with van der Waals surface area (Å²) in [5.41, 5.74) is 2.36. The van der Waals surface area contributed by atoms with Crippen LogP contribution in [0.3, 0.4) is 0 Å². The van der Waals surface area contributed by atoms with Crippen LogP contribution >= 0.6 is 0 Å². The fraction of sp³-hybridized carbons (Fsp3) is 0.400. The molecule has 9 nitrogen and oxygen atoms in total. The number of nitrogens with one attached hydrogen (secondary N) is 1. The maximum absolute atomic E-state index is 13.7. The second-order valence-electron chi connectivity index (χ2n) is 8.10. The molecule has 2 aromatic carbocycles. The zero-order valence-corrected chi connectivity index (χ0v) is 19.6. The molecule has 0 radical (unpaired) electrons. The molecule has 180 valence electrons. The summed E-state index contributed by atoms with van der Waals surface area (Å²) in [5, 5.41) is 3.33. The Morgan fingerprint density at radius 2 is 1.76 bits per heavy atom. The van der Waals surface area contributed by atoms with Crippen molar-refractivity contribution in [3.63, 3.8) is 0 Å². The van der Waals surface area contributed by atoms with Crippen LogP contribution in [0.2, 0.25) is 0 Å². The molecule has 1 N–H and O–H groups in total. The van der Waals surface area contributed by atoms with Gasteiger partial charge in [-0.15, -0.1) is 0 Å². The van der Waals surface area contributed by atoms with Gasteiger partial charge in [-0.2, -0.15) is 0 Å². The van der Waals surface area contributed by atoms with E-state index in [0.717, 1.165) is 36.8 Å². The Labute approximate surface area is 198 Å². The standard InChI is InChI=1S/C25H29N3O6/c1-4-34-25(31)28-20-7-6-17(27-11-9-26-10-12-27)14-18(20)19(15-23(28)29)24(30)16-5-8-21(32-2)22(13-16)33-3/h5-8,13-14,19,26H,4,9-12,15H2,1-3H3. The van der Waals surface area contributed by atoms with Crippen molar-refractivity contribution in [2.24, 2.45) is 0 Å². The molecule has 9 heteroatoms. The van der Waals surface area contributed by atoms with Gasteiger partial charge in [-0.3, -0.25) is 9.59 Å². The quantitative estimate of drug-likeness (QED) is 0.648. The van der Waals surface area contributed by atoms with E-state index >= 15 is 0 Å². The first-order valence-corrected chi connectivity index (χ1v) is 11.3. The minimum atomic E-state index is -0.742. The van der Waals surface area contributed by atoms with Gasteiger partial charge >= 0.3 is 6.09 Å². The number of fused-ring (bicyclic) bond motifs is 1. The number of rotatable bonds is 6. The van der Waals surface area contributed by atoms with Crippen LogP contribution in [-0.4, -0.2) is 64.8 Å². The lowest BCUT2D eigenvalue weighted by atomic mass is 9.83. The number of ether oxygens (including phenoxy) is 3. The van der Waals surface area contributed by atoms with Crippen LogP contribution < -0.4 is 24.6 Å². The lowest BCUT2D eigenvalue weighted by Gasteiger charge is -2.34. The molecule has 1 saturated heterocycles. The molecule has 1 atom stereocenters. The Kier molecular flexibility index (Phi) is 7.02. The number of hydrogen-bond acceptors (Lipinski definition) is 8. The Hall–Kier alpha value is -3.59. The monoisotopic (exact) mass is 467 g/mol. The first-order chi connectivity index (χ1) is 16.5. The van der Waals surface area contributed by atoms with E-state index in [2.05, 4.69) is 10.2 Å². The molecule has 34 heavy (non-hydrogen) atoms. The highest BCUT2D eigenvalue weighted by Crippen LogP contribution is 2.41. The van der Waals surface area contributed by atoms with Crippen molar-refractivity contribution in [1.29, 1.82) is 0 Å². The zero-order chi connectivity index (χ0) is 24.2. The number of methoxy groups -OCH3 is 2. The number of nitrogens with zero attached hydrogens (tertiary/aromatic N) is 2. The predicted octanol–water partition coefficient (Wildman–Crippen LogP) is 2.97. The van der Waals surface area contributed by atoms with Crippen LogP contribution in [0.1, 0.15) is 35.2 Å². The Morgan fingerprint density at radius 3 is 2.44 bits per heavy atom. The van der Waals surface area contributed by atoms with E-state index in [9.17, 15) is 14.4 Å². The lowest BCUT2D eigenvalue weighted by Crippen LogP contribution is -2.44. The van der Waals surface area contributed by atoms with E-state index in [1.165, 1.54) is 14.2 Å². The molecule has 4 rings (SSSR count). The molecule has 2 aliphatic rings. The molecule has 1 unspecified atom stereocenters. The number of anilines is 2. The predicted molar refractivity (Wildman–Crippen MR) is 127 cm³/mol. The van der Waals surface area contributed by atoms with Gasteiger partial charge < -0.3 is 24.4 Å². The largest absolute Gasteiger partial charge is 0.493 e. The molecule has 0 bridgehead atoms. The second kappa shape index (κ2) is 10.1. The summed E-state index contributed by atoms with van der Waals surface area (Å²) < 4.78 is 15.8. The van der Waals surface area contributed by atoms with E-state index in [1.807, 2.05) is 12.1 Å². The molecule has 2 amide bonds. The summed E-state index contributed by atoms with van der Waals surface area (Å²) in [6, 6.07) is 10.5. The second-order valence-corrected chi connectivity index (χ2v) is 8.10. The van der Waals surface area contributed by atoms with E-state index in [0.29, 0.717) is 28.3 Å². The zero-order valence-electron chi connectivity index (χ0n) is 19.6. The van der Waals surface area contributed by atoms with Crippen molar-refractivity contribution in [1.82, 2.24) is 5.32 Å². The number of carbonyl (C=O) groups is 3. The molecule has 1 fully saturated rings. The molecule has 2 heterocycles.